The molecular formula is C17H24N2O2. The summed E-state index contributed by atoms with van der Waals surface area (Å²) in [7, 11) is 3.52. The van der Waals surface area contributed by atoms with E-state index in [1.807, 2.05) is 24.3 Å². The lowest BCUT2D eigenvalue weighted by Gasteiger charge is -2.17. The zero-order valence-corrected chi connectivity index (χ0v) is 12.9. The van der Waals surface area contributed by atoms with Gasteiger partial charge in [0.15, 0.2) is 0 Å². The summed E-state index contributed by atoms with van der Waals surface area (Å²) in [5.74, 6) is 2.88. The maximum absolute atomic E-state index is 11.8. The number of nitrogens with zero attached hydrogens (tertiary/aromatic N) is 2. The summed E-state index contributed by atoms with van der Waals surface area (Å²) in [5, 5.41) is 0. The van der Waals surface area contributed by atoms with Crippen molar-refractivity contribution in [3.05, 3.63) is 29.8 Å². The Balaban J connectivity index is 1.38. The first kappa shape index (κ1) is 14.4. The van der Waals surface area contributed by atoms with Crippen molar-refractivity contribution in [1.82, 2.24) is 9.80 Å². The molecule has 0 bridgehead atoms. The van der Waals surface area contributed by atoms with E-state index in [9.17, 15) is 4.79 Å². The van der Waals surface area contributed by atoms with E-state index in [0.29, 0.717) is 5.56 Å². The average Bonchev–Trinajstić information content (AvgIpc) is 3.10. The van der Waals surface area contributed by atoms with E-state index in [2.05, 4.69) is 4.90 Å². The van der Waals surface area contributed by atoms with Crippen molar-refractivity contribution in [2.75, 3.05) is 40.3 Å². The minimum absolute atomic E-state index is 0.0224. The molecule has 21 heavy (non-hydrogen) atoms. The van der Waals surface area contributed by atoms with Gasteiger partial charge in [0.05, 0.1) is 6.61 Å². The van der Waals surface area contributed by atoms with Crippen molar-refractivity contribution >= 4 is 5.91 Å². The molecule has 0 spiro atoms. The van der Waals surface area contributed by atoms with Gasteiger partial charge < -0.3 is 14.5 Å². The number of ether oxygens (including phenoxy) is 1. The van der Waals surface area contributed by atoms with Crippen LogP contribution in [0.3, 0.4) is 0 Å². The number of piperidine rings is 1. The van der Waals surface area contributed by atoms with Crippen LogP contribution in [0.15, 0.2) is 24.3 Å². The van der Waals surface area contributed by atoms with Gasteiger partial charge in [-0.1, -0.05) is 0 Å². The predicted molar refractivity (Wildman–Crippen MR) is 82.6 cm³/mol. The number of hydrogen-bond donors (Lipinski definition) is 0. The van der Waals surface area contributed by atoms with Crippen LogP contribution in [0.2, 0.25) is 0 Å². The van der Waals surface area contributed by atoms with E-state index in [0.717, 1.165) is 37.2 Å². The van der Waals surface area contributed by atoms with Gasteiger partial charge in [-0.3, -0.25) is 4.79 Å². The molecule has 2 atom stereocenters. The van der Waals surface area contributed by atoms with Gasteiger partial charge in [-0.05, 0) is 48.9 Å². The molecule has 1 aromatic rings. The number of carbonyl (C=O) groups excluding carboxylic acids is 1. The Labute approximate surface area is 126 Å². The van der Waals surface area contributed by atoms with Crippen molar-refractivity contribution in [3.8, 4) is 5.75 Å². The molecule has 2 unspecified atom stereocenters. The highest BCUT2D eigenvalue weighted by Gasteiger charge is 2.44. The van der Waals surface area contributed by atoms with Crippen molar-refractivity contribution in [2.24, 2.45) is 11.8 Å². The van der Waals surface area contributed by atoms with Crippen LogP contribution in [0.4, 0.5) is 0 Å². The molecule has 1 saturated heterocycles. The number of benzene rings is 1. The third kappa shape index (κ3) is 3.56. The van der Waals surface area contributed by atoms with Crippen LogP contribution in [-0.2, 0) is 0 Å². The first-order valence-electron chi connectivity index (χ1n) is 7.80. The molecule has 1 heterocycles. The van der Waals surface area contributed by atoms with Gasteiger partial charge in [-0.25, -0.2) is 0 Å². The van der Waals surface area contributed by atoms with Crippen molar-refractivity contribution in [3.63, 3.8) is 0 Å². The van der Waals surface area contributed by atoms with E-state index < -0.39 is 0 Å². The monoisotopic (exact) mass is 288 g/mol. The minimum Gasteiger partial charge on any atom is -0.494 e. The molecule has 114 valence electrons. The fourth-order valence-electron chi connectivity index (χ4n) is 3.11. The number of likely N-dealkylation sites (tertiary alicyclic amines) is 1. The molecule has 4 nitrogen and oxygen atoms in total. The van der Waals surface area contributed by atoms with E-state index >= 15 is 0 Å². The first-order valence-corrected chi connectivity index (χ1v) is 7.80. The Morgan fingerprint density at radius 1 is 1.24 bits per heavy atom. The van der Waals surface area contributed by atoms with Crippen molar-refractivity contribution in [1.29, 1.82) is 0 Å². The second-order valence-corrected chi connectivity index (χ2v) is 6.44. The Morgan fingerprint density at radius 3 is 2.52 bits per heavy atom. The number of rotatable bonds is 6. The SMILES string of the molecule is CN(C)C(=O)c1ccc(OCCCN2CC3CC3C2)cc1. The number of amides is 1. The zero-order chi connectivity index (χ0) is 14.8. The Kier molecular flexibility index (Phi) is 4.15. The van der Waals surface area contributed by atoms with E-state index in [1.165, 1.54) is 19.5 Å². The summed E-state index contributed by atoms with van der Waals surface area (Å²) < 4.78 is 5.75. The molecule has 1 aliphatic heterocycles. The highest BCUT2D eigenvalue weighted by Crippen LogP contribution is 2.44. The van der Waals surface area contributed by atoms with E-state index in [4.69, 9.17) is 4.74 Å². The zero-order valence-electron chi connectivity index (χ0n) is 12.9. The van der Waals surface area contributed by atoms with Gasteiger partial charge in [0.25, 0.3) is 5.91 Å². The second kappa shape index (κ2) is 6.06. The summed E-state index contributed by atoms with van der Waals surface area (Å²) in [6.07, 6.45) is 2.53. The lowest BCUT2D eigenvalue weighted by Crippen LogP contribution is -2.25. The van der Waals surface area contributed by atoms with Crippen LogP contribution in [0.1, 0.15) is 23.2 Å². The van der Waals surface area contributed by atoms with Crippen LogP contribution in [0, 0.1) is 11.8 Å². The predicted octanol–water partition coefficient (Wildman–Crippen LogP) is 2.11. The molecule has 0 aromatic heterocycles. The summed E-state index contributed by atoms with van der Waals surface area (Å²) in [6.45, 7) is 4.48. The first-order chi connectivity index (χ1) is 10.1. The van der Waals surface area contributed by atoms with Gasteiger partial charge in [-0.15, -0.1) is 0 Å². The average molecular weight is 288 g/mol. The van der Waals surface area contributed by atoms with Gasteiger partial charge in [-0.2, -0.15) is 0 Å². The smallest absolute Gasteiger partial charge is 0.253 e. The second-order valence-electron chi connectivity index (χ2n) is 6.44. The topological polar surface area (TPSA) is 32.8 Å². The van der Waals surface area contributed by atoms with E-state index in [1.54, 1.807) is 19.0 Å². The van der Waals surface area contributed by atoms with Crippen LogP contribution in [0.5, 0.6) is 5.75 Å². The number of carbonyl (C=O) groups is 1. The molecule has 1 aromatic carbocycles. The maximum Gasteiger partial charge on any atom is 0.253 e. The molecule has 4 heteroatoms. The van der Waals surface area contributed by atoms with Crippen molar-refractivity contribution < 1.29 is 9.53 Å². The maximum atomic E-state index is 11.8. The lowest BCUT2D eigenvalue weighted by molar-refractivity contribution is 0.0827. The fraction of sp³-hybridized carbons (Fsp3) is 0.588. The summed E-state index contributed by atoms with van der Waals surface area (Å²) >= 11 is 0. The molecular weight excluding hydrogens is 264 g/mol. The standard InChI is InChI=1S/C17H24N2O2/c1-18(2)17(20)13-4-6-16(7-5-13)21-9-3-8-19-11-14-10-15(14)12-19/h4-7,14-15H,3,8-12H2,1-2H3. The normalized spacial score (nSPS) is 23.7. The van der Waals surface area contributed by atoms with Gasteiger partial charge in [0, 0.05) is 39.3 Å². The number of hydrogen-bond acceptors (Lipinski definition) is 3. The molecule has 1 amide bonds. The Morgan fingerprint density at radius 2 is 1.90 bits per heavy atom. The largest absolute Gasteiger partial charge is 0.494 e. The van der Waals surface area contributed by atoms with Gasteiger partial charge in [0.2, 0.25) is 0 Å². The summed E-state index contributed by atoms with van der Waals surface area (Å²) in [5.41, 5.74) is 0.698. The molecule has 2 fully saturated rings. The Bertz CT molecular complexity index is 488. The third-order valence-corrected chi connectivity index (χ3v) is 4.45. The van der Waals surface area contributed by atoms with Crippen LogP contribution in [0.25, 0.3) is 0 Å². The lowest BCUT2D eigenvalue weighted by atomic mass is 10.2. The van der Waals surface area contributed by atoms with Crippen LogP contribution in [-0.4, -0.2) is 56.0 Å². The minimum atomic E-state index is 0.0224. The number of fused-ring (bicyclic) bond motifs is 1. The molecule has 1 saturated carbocycles. The molecule has 3 rings (SSSR count). The van der Waals surface area contributed by atoms with Crippen LogP contribution >= 0.6 is 0 Å². The van der Waals surface area contributed by atoms with Gasteiger partial charge >= 0.3 is 0 Å². The highest BCUT2D eigenvalue weighted by molar-refractivity contribution is 5.93. The quantitative estimate of drug-likeness (QED) is 0.752. The van der Waals surface area contributed by atoms with Gasteiger partial charge in [0.1, 0.15) is 5.75 Å². The fourth-order valence-corrected chi connectivity index (χ4v) is 3.11. The van der Waals surface area contributed by atoms with Crippen molar-refractivity contribution in [2.45, 2.75) is 12.8 Å². The molecule has 0 radical (unpaired) electrons. The highest BCUT2D eigenvalue weighted by atomic mass is 16.5. The van der Waals surface area contributed by atoms with Crippen LogP contribution < -0.4 is 4.74 Å². The molecule has 2 aliphatic rings. The summed E-state index contributed by atoms with van der Waals surface area (Å²) in [4.78, 5) is 15.9. The molecule has 0 N–H and O–H groups in total. The summed E-state index contributed by atoms with van der Waals surface area (Å²) in [6, 6.07) is 7.40. The van der Waals surface area contributed by atoms with E-state index in [-0.39, 0.29) is 5.91 Å². The Hall–Kier alpha value is -1.55. The molecule has 1 aliphatic carbocycles. The third-order valence-electron chi connectivity index (χ3n) is 4.45.